The molecule has 14 nitrogen and oxygen atoms in total. The van der Waals surface area contributed by atoms with E-state index in [-0.39, 0.29) is 59.8 Å². The maximum absolute atomic E-state index is 12.7. The van der Waals surface area contributed by atoms with Gasteiger partial charge >= 0.3 is 41.7 Å². The number of aliphatic carboxylic acids is 1. The monoisotopic (exact) mass is 658 g/mol. The van der Waals surface area contributed by atoms with Crippen LogP contribution in [-0.2, 0) is 25.6 Å². The predicted octanol–water partition coefficient (Wildman–Crippen LogP) is -0.0196. The van der Waals surface area contributed by atoms with E-state index in [0.29, 0.717) is 18.4 Å². The molecule has 2 unspecified atom stereocenters. The average molecular weight is 659 g/mol. The van der Waals surface area contributed by atoms with Gasteiger partial charge in [0.15, 0.2) is 7.37 Å². The Morgan fingerprint density at radius 3 is 2.24 bits per heavy atom. The third-order valence-electron chi connectivity index (χ3n) is 4.30. The number of nitrogens with two attached hydrogens (primary N) is 1. The van der Waals surface area contributed by atoms with E-state index in [9.17, 15) is 46.2 Å². The summed E-state index contributed by atoms with van der Waals surface area (Å²) in [6.07, 6.45) is -4.00. The molecule has 0 radical (unpaired) electrons. The van der Waals surface area contributed by atoms with Gasteiger partial charge in [0.05, 0.1) is 27.3 Å². The smallest absolute Gasteiger partial charge is 0.857 e. The quantitative estimate of drug-likeness (QED) is 0.0692. The average Bonchev–Trinajstić information content (AvgIpc) is 2.76. The van der Waals surface area contributed by atoms with Gasteiger partial charge in [-0.1, -0.05) is 11.6 Å². The number of ether oxygens (including phenoxy) is 1. The van der Waals surface area contributed by atoms with Crippen LogP contribution < -0.4 is 51.3 Å². The first kappa shape index (κ1) is 40.9. The fourth-order valence-corrected chi connectivity index (χ4v) is 3.87. The summed E-state index contributed by atoms with van der Waals surface area (Å²) in [6.45, 7) is 1.18. The van der Waals surface area contributed by atoms with Crippen molar-refractivity contribution in [2.24, 2.45) is 10.1 Å². The number of halogens is 4. The van der Waals surface area contributed by atoms with Crippen LogP contribution in [-0.4, -0.2) is 60.3 Å². The van der Waals surface area contributed by atoms with E-state index in [1.807, 2.05) is 0 Å². The van der Waals surface area contributed by atoms with Crippen molar-refractivity contribution in [3.8, 4) is 11.5 Å². The van der Waals surface area contributed by atoms with Gasteiger partial charge in [-0.05, 0) is 36.8 Å². The number of rotatable bonds is 9. The number of sulfonamides is 1. The number of carboxylic acids is 1. The van der Waals surface area contributed by atoms with E-state index in [4.69, 9.17) is 32.1 Å². The zero-order chi connectivity index (χ0) is 30.3. The topological polar surface area (TPSA) is 258 Å². The summed E-state index contributed by atoms with van der Waals surface area (Å²) in [7, 11) is -7.23. The summed E-state index contributed by atoms with van der Waals surface area (Å²) >= 11 is 5.76. The molecule has 0 saturated heterocycles. The summed E-state index contributed by atoms with van der Waals surface area (Å²) in [5.41, 5.74) is 2.66. The van der Waals surface area contributed by atoms with E-state index in [2.05, 4.69) is 4.40 Å². The third-order valence-corrected chi connectivity index (χ3v) is 6.18. The van der Waals surface area contributed by atoms with Crippen molar-refractivity contribution in [3.63, 3.8) is 0 Å². The molecule has 0 bridgehead atoms. The van der Waals surface area contributed by atoms with Crippen LogP contribution in [0.3, 0.4) is 0 Å². The van der Waals surface area contributed by atoms with Gasteiger partial charge in [0.2, 0.25) is 10.0 Å². The van der Waals surface area contributed by atoms with Crippen LogP contribution in [0.2, 0.25) is 5.02 Å². The second kappa shape index (κ2) is 16.4. The van der Waals surface area contributed by atoms with E-state index in [1.165, 1.54) is 6.66 Å². The molecule has 2 aromatic rings. The molecule has 0 amide bonds. The van der Waals surface area contributed by atoms with Crippen LogP contribution in [0.1, 0.15) is 17.5 Å². The van der Waals surface area contributed by atoms with Crippen LogP contribution in [0, 0.1) is 10.1 Å². The predicted molar refractivity (Wildman–Crippen MR) is 137 cm³/mol. The zero-order valence-corrected chi connectivity index (χ0v) is 26.1. The zero-order valence-electron chi connectivity index (χ0n) is 21.7. The van der Waals surface area contributed by atoms with Crippen LogP contribution in [0.5, 0.6) is 11.5 Å². The fourth-order valence-electron chi connectivity index (χ4n) is 2.50. The van der Waals surface area contributed by atoms with Gasteiger partial charge in [0.25, 0.3) is 5.69 Å². The molecule has 21 heteroatoms. The number of carboxylic acid groups (broad SMARTS) is 1. The summed E-state index contributed by atoms with van der Waals surface area (Å²) in [5.74, 6) is -2.97. The van der Waals surface area contributed by atoms with E-state index in [0.717, 1.165) is 24.3 Å². The normalized spacial score (nSPS) is 13.7. The first-order valence-electron chi connectivity index (χ1n) is 10.2. The van der Waals surface area contributed by atoms with Crippen LogP contribution in [0.15, 0.2) is 40.8 Å². The summed E-state index contributed by atoms with van der Waals surface area (Å²) in [5, 5.41) is 30.9. The van der Waals surface area contributed by atoms with E-state index in [1.54, 1.807) is 0 Å². The van der Waals surface area contributed by atoms with Gasteiger partial charge < -0.3 is 31.7 Å². The van der Waals surface area contributed by atoms with Crippen LogP contribution in [0.4, 0.5) is 18.9 Å². The minimum Gasteiger partial charge on any atom is -0.857 e. The molecule has 0 aromatic heterocycles. The van der Waals surface area contributed by atoms with Crippen molar-refractivity contribution in [2.45, 2.75) is 18.6 Å². The molecular weight excluding hydrogens is 635 g/mol. The molecule has 2 aromatic carbocycles. The van der Waals surface area contributed by atoms with Crippen LogP contribution in [0.25, 0.3) is 0 Å². The molecule has 0 aliphatic heterocycles. The molecule has 0 aliphatic carbocycles. The van der Waals surface area contributed by atoms with Crippen molar-refractivity contribution < 1.29 is 85.3 Å². The molecule has 0 saturated carbocycles. The van der Waals surface area contributed by atoms with E-state index >= 15 is 0 Å². The minimum absolute atomic E-state index is 0. The van der Waals surface area contributed by atoms with Crippen molar-refractivity contribution in [3.05, 3.63) is 62.7 Å². The number of hydrogen-bond acceptors (Lipinski definition) is 10. The Labute approximate surface area is 258 Å². The van der Waals surface area contributed by atoms with Crippen molar-refractivity contribution in [1.29, 1.82) is 0 Å². The Kier molecular flexibility index (Phi) is 16.3. The number of nitro groups is 1. The van der Waals surface area contributed by atoms with Gasteiger partial charge in [0, 0.05) is 24.8 Å². The molecule has 7 N–H and O–H groups in total. The number of hydrogen-bond donors (Lipinski definition) is 4. The summed E-state index contributed by atoms with van der Waals surface area (Å²) in [4.78, 5) is 29.0. The Bertz CT molecular complexity index is 1420. The fraction of sp³-hybridized carbons (Fsp3) is 0.300. The Balaban J connectivity index is 0. The molecule has 41 heavy (non-hydrogen) atoms. The second-order valence-corrected chi connectivity index (χ2v) is 12.4. The first-order valence-corrected chi connectivity index (χ1v) is 14.7. The number of carbonyl (C=O) groups is 1. The number of benzene rings is 2. The first-order chi connectivity index (χ1) is 17.6. The molecule has 0 heterocycles. The van der Waals surface area contributed by atoms with E-state index < -0.39 is 68.2 Å². The Morgan fingerprint density at radius 2 is 1.83 bits per heavy atom. The SMILES string of the molecule is CP(=O)(O)CCC(N)C(=O)O.CS(=O)(=O)/N=C(\[O-])c1cc(Oc2ccc(C(F)(F)F)cc2Cl)ccc1[N+](=O)[O-].N.[Na+]. The van der Waals surface area contributed by atoms with Crippen LogP contribution >= 0.6 is 19.0 Å². The van der Waals surface area contributed by atoms with Crippen molar-refractivity contribution >= 4 is 46.5 Å². The number of nitro benzene ring substituents is 1. The van der Waals surface area contributed by atoms with Crippen molar-refractivity contribution in [2.75, 3.05) is 19.1 Å². The molecule has 224 valence electrons. The maximum Gasteiger partial charge on any atom is 1.00 e. The van der Waals surface area contributed by atoms with Gasteiger partial charge in [-0.2, -0.15) is 17.6 Å². The standard InChI is InChI=1S/C15H10ClF3N2O6S.C5H12NO4P.H3N.Na/c1-28(25,26)20-14(22)10-7-9(3-4-12(10)21(23)24)27-13-5-2-8(6-11(13)16)15(17,18)19;1-11(9,10)3-2-4(6)5(7)8;;/h2-7H,1H3,(H,20,22);4H,2-3,6H2,1H3,(H,7,8)(H,9,10);1H3;/q;;;+1/p-1. The second-order valence-electron chi connectivity index (χ2n) is 7.82. The molecule has 0 spiro atoms. The number of nitrogens with zero attached hydrogens (tertiary/aromatic N) is 2. The van der Waals surface area contributed by atoms with Gasteiger partial charge in [-0.3, -0.25) is 19.5 Å². The van der Waals surface area contributed by atoms with Gasteiger partial charge in [-0.15, -0.1) is 0 Å². The molecule has 0 aliphatic rings. The number of alkyl halides is 3. The molecule has 0 fully saturated rings. The van der Waals surface area contributed by atoms with Gasteiger partial charge in [0.1, 0.15) is 17.5 Å². The maximum atomic E-state index is 12.7. The Morgan fingerprint density at radius 1 is 1.27 bits per heavy atom. The largest absolute Gasteiger partial charge is 1.00 e. The molecule has 2 atom stereocenters. The third kappa shape index (κ3) is 15.0. The molecule has 2 rings (SSSR count). The van der Waals surface area contributed by atoms with Gasteiger partial charge in [-0.25, -0.2) is 8.42 Å². The minimum atomic E-state index is -4.62. The Hall–Kier alpha value is -2.28. The molecular formula is C20H24ClF3N4NaO10PS. The summed E-state index contributed by atoms with van der Waals surface area (Å²) < 4.78 is 79.0. The van der Waals surface area contributed by atoms with Crippen molar-refractivity contribution in [1.82, 2.24) is 6.15 Å². The summed E-state index contributed by atoms with van der Waals surface area (Å²) in [6, 6.07) is 3.97.